The Morgan fingerprint density at radius 3 is 2.14 bits per heavy atom. The molecule has 0 aliphatic rings. The average Bonchev–Trinajstić information content (AvgIpc) is 2.53. The third-order valence-corrected chi connectivity index (χ3v) is 2.82. The standard InChI is InChI=1S/C17H18N2O3/c1-12(2)22-15-11-7-6-10-14(15)17(21)19-18-16(20)13-8-4-3-5-9-13/h3-12H,1-2H3,(H,18,20)(H,19,21). The Labute approximate surface area is 129 Å². The zero-order valence-corrected chi connectivity index (χ0v) is 12.5. The maximum absolute atomic E-state index is 12.2. The first-order valence-corrected chi connectivity index (χ1v) is 6.99. The summed E-state index contributed by atoms with van der Waals surface area (Å²) in [6.45, 7) is 3.76. The number of amides is 2. The van der Waals surface area contributed by atoms with Crippen molar-refractivity contribution in [2.75, 3.05) is 0 Å². The molecule has 0 aliphatic heterocycles. The van der Waals surface area contributed by atoms with E-state index in [9.17, 15) is 9.59 Å². The van der Waals surface area contributed by atoms with Gasteiger partial charge >= 0.3 is 0 Å². The second kappa shape index (κ2) is 7.26. The van der Waals surface area contributed by atoms with E-state index in [4.69, 9.17) is 4.74 Å². The average molecular weight is 298 g/mol. The van der Waals surface area contributed by atoms with Crippen molar-refractivity contribution in [1.82, 2.24) is 10.9 Å². The van der Waals surface area contributed by atoms with Crippen LogP contribution in [-0.2, 0) is 0 Å². The van der Waals surface area contributed by atoms with Gasteiger partial charge in [0, 0.05) is 5.56 Å². The van der Waals surface area contributed by atoms with E-state index in [-0.39, 0.29) is 12.0 Å². The Bertz CT molecular complexity index is 654. The molecule has 0 fully saturated rings. The highest BCUT2D eigenvalue weighted by Crippen LogP contribution is 2.18. The molecule has 0 unspecified atom stereocenters. The quantitative estimate of drug-likeness (QED) is 0.852. The van der Waals surface area contributed by atoms with E-state index in [0.29, 0.717) is 16.9 Å². The zero-order valence-electron chi connectivity index (χ0n) is 12.5. The maximum Gasteiger partial charge on any atom is 0.273 e. The lowest BCUT2D eigenvalue weighted by atomic mass is 10.2. The molecule has 0 aromatic heterocycles. The van der Waals surface area contributed by atoms with Crippen LogP contribution in [0.2, 0.25) is 0 Å². The highest BCUT2D eigenvalue weighted by Gasteiger charge is 2.14. The Hall–Kier alpha value is -2.82. The van der Waals surface area contributed by atoms with Gasteiger partial charge in [-0.05, 0) is 38.1 Å². The lowest BCUT2D eigenvalue weighted by molar-refractivity contribution is 0.0843. The van der Waals surface area contributed by atoms with Crippen LogP contribution in [0.1, 0.15) is 34.6 Å². The minimum absolute atomic E-state index is 0.0483. The molecule has 2 aromatic rings. The van der Waals surface area contributed by atoms with Crippen LogP contribution in [0.15, 0.2) is 54.6 Å². The SMILES string of the molecule is CC(C)Oc1ccccc1C(=O)NNC(=O)c1ccccc1. The van der Waals surface area contributed by atoms with Gasteiger partial charge in [-0.2, -0.15) is 0 Å². The third kappa shape index (κ3) is 4.09. The second-order valence-electron chi connectivity index (χ2n) is 4.94. The first-order chi connectivity index (χ1) is 10.6. The van der Waals surface area contributed by atoms with E-state index in [1.165, 1.54) is 0 Å². The van der Waals surface area contributed by atoms with E-state index in [1.807, 2.05) is 19.9 Å². The van der Waals surface area contributed by atoms with Gasteiger partial charge < -0.3 is 4.74 Å². The molecule has 0 bridgehead atoms. The number of hydrogen-bond donors (Lipinski definition) is 2. The van der Waals surface area contributed by atoms with Crippen LogP contribution in [-0.4, -0.2) is 17.9 Å². The van der Waals surface area contributed by atoms with E-state index in [2.05, 4.69) is 10.9 Å². The summed E-state index contributed by atoms with van der Waals surface area (Å²) in [5, 5.41) is 0. The molecule has 2 aromatic carbocycles. The molecule has 2 rings (SSSR count). The van der Waals surface area contributed by atoms with Gasteiger partial charge in [0.05, 0.1) is 11.7 Å². The van der Waals surface area contributed by atoms with Crippen molar-refractivity contribution in [2.24, 2.45) is 0 Å². The lowest BCUT2D eigenvalue weighted by Gasteiger charge is -2.14. The van der Waals surface area contributed by atoms with Crippen LogP contribution in [0.3, 0.4) is 0 Å². The molecule has 0 heterocycles. The van der Waals surface area contributed by atoms with E-state index in [1.54, 1.807) is 48.5 Å². The Morgan fingerprint density at radius 2 is 1.45 bits per heavy atom. The molecule has 0 saturated heterocycles. The molecule has 2 N–H and O–H groups in total. The smallest absolute Gasteiger partial charge is 0.273 e. The number of nitrogens with one attached hydrogen (secondary N) is 2. The van der Waals surface area contributed by atoms with Crippen molar-refractivity contribution in [1.29, 1.82) is 0 Å². The number of ether oxygens (including phenoxy) is 1. The molecule has 5 heteroatoms. The van der Waals surface area contributed by atoms with Crippen LogP contribution < -0.4 is 15.6 Å². The molecule has 2 amide bonds. The van der Waals surface area contributed by atoms with Crippen LogP contribution in [0.4, 0.5) is 0 Å². The van der Waals surface area contributed by atoms with Crippen molar-refractivity contribution in [3.05, 3.63) is 65.7 Å². The normalized spacial score (nSPS) is 10.1. The largest absolute Gasteiger partial charge is 0.490 e. The predicted octanol–water partition coefficient (Wildman–Crippen LogP) is 2.55. The fourth-order valence-electron chi connectivity index (χ4n) is 1.85. The summed E-state index contributed by atoms with van der Waals surface area (Å²) < 4.78 is 5.58. The molecule has 0 saturated carbocycles. The van der Waals surface area contributed by atoms with Crippen molar-refractivity contribution >= 4 is 11.8 Å². The summed E-state index contributed by atoms with van der Waals surface area (Å²) in [5.41, 5.74) is 5.61. The number of hydrazine groups is 1. The highest BCUT2D eigenvalue weighted by molar-refractivity contribution is 6.00. The van der Waals surface area contributed by atoms with E-state index in [0.717, 1.165) is 0 Å². The number of carbonyl (C=O) groups excluding carboxylic acids is 2. The van der Waals surface area contributed by atoms with Crippen LogP contribution in [0.25, 0.3) is 0 Å². The van der Waals surface area contributed by atoms with Gasteiger partial charge in [-0.3, -0.25) is 20.4 Å². The summed E-state index contributed by atoms with van der Waals surface area (Å²) in [7, 11) is 0. The molecule has 0 atom stereocenters. The van der Waals surface area contributed by atoms with Gasteiger partial charge in [0.25, 0.3) is 11.8 Å². The second-order valence-corrected chi connectivity index (χ2v) is 4.94. The highest BCUT2D eigenvalue weighted by atomic mass is 16.5. The molecule has 0 aliphatic carbocycles. The molecule has 0 spiro atoms. The fourth-order valence-corrected chi connectivity index (χ4v) is 1.85. The third-order valence-electron chi connectivity index (χ3n) is 2.82. The predicted molar refractivity (Wildman–Crippen MR) is 83.6 cm³/mol. The summed E-state index contributed by atoms with van der Waals surface area (Å²) in [6, 6.07) is 15.5. The van der Waals surface area contributed by atoms with E-state index < -0.39 is 5.91 Å². The minimum atomic E-state index is -0.430. The van der Waals surface area contributed by atoms with Crippen molar-refractivity contribution in [3.8, 4) is 5.75 Å². The summed E-state index contributed by atoms with van der Waals surface area (Å²) in [6.07, 6.45) is -0.0483. The van der Waals surface area contributed by atoms with Crippen molar-refractivity contribution in [2.45, 2.75) is 20.0 Å². The van der Waals surface area contributed by atoms with Gasteiger partial charge in [-0.1, -0.05) is 30.3 Å². The number of hydrogen-bond acceptors (Lipinski definition) is 3. The monoisotopic (exact) mass is 298 g/mol. The van der Waals surface area contributed by atoms with Crippen LogP contribution >= 0.6 is 0 Å². The molecular formula is C17H18N2O3. The summed E-state index contributed by atoms with van der Waals surface area (Å²) in [4.78, 5) is 24.1. The fraction of sp³-hybridized carbons (Fsp3) is 0.176. The van der Waals surface area contributed by atoms with Crippen LogP contribution in [0, 0.1) is 0 Å². The van der Waals surface area contributed by atoms with Gasteiger partial charge in [0.2, 0.25) is 0 Å². The van der Waals surface area contributed by atoms with Gasteiger partial charge in [-0.25, -0.2) is 0 Å². The summed E-state index contributed by atoms with van der Waals surface area (Å²) in [5.74, 6) is -0.333. The Kier molecular flexibility index (Phi) is 5.14. The van der Waals surface area contributed by atoms with E-state index >= 15 is 0 Å². The molecular weight excluding hydrogens is 280 g/mol. The van der Waals surface area contributed by atoms with Gasteiger partial charge in [0.1, 0.15) is 5.75 Å². The molecule has 5 nitrogen and oxygen atoms in total. The van der Waals surface area contributed by atoms with Crippen molar-refractivity contribution < 1.29 is 14.3 Å². The Balaban J connectivity index is 2.02. The number of benzene rings is 2. The lowest BCUT2D eigenvalue weighted by Crippen LogP contribution is -2.41. The van der Waals surface area contributed by atoms with Gasteiger partial charge in [0.15, 0.2) is 0 Å². The Morgan fingerprint density at radius 1 is 0.864 bits per heavy atom. The number of carbonyl (C=O) groups is 2. The van der Waals surface area contributed by atoms with Crippen LogP contribution in [0.5, 0.6) is 5.75 Å². The first-order valence-electron chi connectivity index (χ1n) is 6.99. The molecule has 0 radical (unpaired) electrons. The zero-order chi connectivity index (χ0) is 15.9. The van der Waals surface area contributed by atoms with Crippen molar-refractivity contribution in [3.63, 3.8) is 0 Å². The maximum atomic E-state index is 12.2. The first kappa shape index (κ1) is 15.6. The topological polar surface area (TPSA) is 67.4 Å². The summed E-state index contributed by atoms with van der Waals surface area (Å²) >= 11 is 0. The molecule has 22 heavy (non-hydrogen) atoms. The molecule has 114 valence electrons. The van der Waals surface area contributed by atoms with Gasteiger partial charge in [-0.15, -0.1) is 0 Å². The number of para-hydroxylation sites is 1. The minimum Gasteiger partial charge on any atom is -0.490 e. The number of rotatable bonds is 4.